The normalized spacial score (nSPS) is 17.2. The van der Waals surface area contributed by atoms with Crippen molar-refractivity contribution in [1.82, 2.24) is 9.47 Å². The van der Waals surface area contributed by atoms with Gasteiger partial charge in [-0.25, -0.2) is 0 Å². The van der Waals surface area contributed by atoms with Gasteiger partial charge in [0.2, 0.25) is 11.8 Å². The SMILES string of the molecule is CCCCN(CC(=O)N1c2ccccc2-n2cccc2C1c1cccc(C)c1)C(=O)C1CCCC1. The van der Waals surface area contributed by atoms with Crippen molar-refractivity contribution in [2.75, 3.05) is 18.0 Å². The van der Waals surface area contributed by atoms with Gasteiger partial charge in [-0.05, 0) is 56.0 Å². The second kappa shape index (κ2) is 10.1. The first-order valence-electron chi connectivity index (χ1n) is 13.0. The van der Waals surface area contributed by atoms with E-state index < -0.39 is 0 Å². The first kappa shape index (κ1) is 23.4. The number of nitrogens with zero attached hydrogens (tertiary/aromatic N) is 3. The molecule has 1 aliphatic heterocycles. The topological polar surface area (TPSA) is 45.6 Å². The van der Waals surface area contributed by atoms with Crippen molar-refractivity contribution < 1.29 is 9.59 Å². The molecule has 1 fully saturated rings. The number of benzene rings is 2. The van der Waals surface area contributed by atoms with E-state index in [1.54, 1.807) is 0 Å². The lowest BCUT2D eigenvalue weighted by atomic mass is 9.96. The Hall–Kier alpha value is -3.34. The lowest BCUT2D eigenvalue weighted by molar-refractivity contribution is -0.138. The Kier molecular flexibility index (Phi) is 6.76. The van der Waals surface area contributed by atoms with Gasteiger partial charge in [0.25, 0.3) is 0 Å². The molecule has 3 aromatic rings. The summed E-state index contributed by atoms with van der Waals surface area (Å²) in [5.74, 6) is 0.196. The molecule has 2 aromatic carbocycles. The van der Waals surface area contributed by atoms with E-state index in [2.05, 4.69) is 61.0 Å². The largest absolute Gasteiger partial charge is 0.333 e. The minimum atomic E-state index is -0.248. The van der Waals surface area contributed by atoms with Crippen LogP contribution in [-0.2, 0) is 9.59 Å². The molecule has 1 aliphatic carbocycles. The Morgan fingerprint density at radius 1 is 0.971 bits per heavy atom. The van der Waals surface area contributed by atoms with Crippen molar-refractivity contribution >= 4 is 17.5 Å². The van der Waals surface area contributed by atoms with Crippen LogP contribution in [0.4, 0.5) is 5.69 Å². The molecule has 1 atom stereocenters. The maximum Gasteiger partial charge on any atom is 0.247 e. The molecule has 1 aromatic heterocycles. The van der Waals surface area contributed by atoms with Gasteiger partial charge < -0.3 is 9.47 Å². The van der Waals surface area contributed by atoms with Gasteiger partial charge >= 0.3 is 0 Å². The molecule has 0 N–H and O–H groups in total. The molecule has 2 heterocycles. The zero-order valence-corrected chi connectivity index (χ0v) is 20.8. The number of anilines is 1. The molecule has 1 unspecified atom stereocenters. The van der Waals surface area contributed by atoms with Crippen LogP contribution in [0.15, 0.2) is 66.9 Å². The monoisotopic (exact) mass is 469 g/mol. The number of aromatic nitrogens is 1. The number of para-hydroxylation sites is 2. The third-order valence-electron chi connectivity index (χ3n) is 7.47. The van der Waals surface area contributed by atoms with Crippen molar-refractivity contribution in [3.63, 3.8) is 0 Å². The smallest absolute Gasteiger partial charge is 0.247 e. The van der Waals surface area contributed by atoms with Crippen LogP contribution in [0.2, 0.25) is 0 Å². The van der Waals surface area contributed by atoms with Crippen LogP contribution in [0.1, 0.15) is 68.3 Å². The van der Waals surface area contributed by atoms with E-state index in [0.717, 1.165) is 66.7 Å². The number of amides is 2. The van der Waals surface area contributed by atoms with Crippen LogP contribution < -0.4 is 4.90 Å². The lowest BCUT2D eigenvalue weighted by Gasteiger charge is -2.39. The highest BCUT2D eigenvalue weighted by molar-refractivity contribution is 6.00. The molecule has 5 heteroatoms. The summed E-state index contributed by atoms with van der Waals surface area (Å²) in [6.07, 6.45) is 8.08. The highest BCUT2D eigenvalue weighted by Crippen LogP contribution is 2.42. The Labute approximate surface area is 208 Å². The predicted molar refractivity (Wildman–Crippen MR) is 140 cm³/mol. The lowest BCUT2D eigenvalue weighted by Crippen LogP contribution is -2.48. The summed E-state index contributed by atoms with van der Waals surface area (Å²) in [5, 5.41) is 0. The molecule has 1 saturated carbocycles. The molecular weight excluding hydrogens is 434 g/mol. The highest BCUT2D eigenvalue weighted by Gasteiger charge is 2.37. The van der Waals surface area contributed by atoms with Crippen LogP contribution in [0, 0.1) is 12.8 Å². The summed E-state index contributed by atoms with van der Waals surface area (Å²) < 4.78 is 2.19. The molecule has 35 heavy (non-hydrogen) atoms. The maximum atomic E-state index is 14.2. The van der Waals surface area contributed by atoms with Crippen molar-refractivity contribution in [2.24, 2.45) is 5.92 Å². The maximum absolute atomic E-state index is 14.2. The van der Waals surface area contributed by atoms with E-state index in [0.29, 0.717) is 6.54 Å². The summed E-state index contributed by atoms with van der Waals surface area (Å²) in [4.78, 5) is 31.4. The van der Waals surface area contributed by atoms with Crippen LogP contribution in [0.3, 0.4) is 0 Å². The van der Waals surface area contributed by atoms with Gasteiger partial charge in [0.05, 0.1) is 17.1 Å². The van der Waals surface area contributed by atoms with Crippen LogP contribution >= 0.6 is 0 Å². The number of hydrogen-bond acceptors (Lipinski definition) is 2. The molecule has 2 amide bonds. The van der Waals surface area contributed by atoms with E-state index in [9.17, 15) is 9.59 Å². The number of rotatable bonds is 7. The predicted octanol–water partition coefficient (Wildman–Crippen LogP) is 6.04. The van der Waals surface area contributed by atoms with Crippen molar-refractivity contribution in [1.29, 1.82) is 0 Å². The van der Waals surface area contributed by atoms with E-state index in [4.69, 9.17) is 0 Å². The molecule has 5 nitrogen and oxygen atoms in total. The van der Waals surface area contributed by atoms with Crippen LogP contribution in [0.5, 0.6) is 0 Å². The standard InChI is InChI=1S/C30H35N3O2/c1-3-4-18-31(30(35)23-12-5-6-13-23)21-28(34)33-26-16-8-7-15-25(26)32-19-10-17-27(32)29(33)24-14-9-11-22(2)20-24/h7-11,14-17,19-20,23,29H,3-6,12-13,18,21H2,1-2H3. The Balaban J connectivity index is 1.54. The van der Waals surface area contributed by atoms with Gasteiger partial charge in [-0.3, -0.25) is 14.5 Å². The average Bonchev–Trinajstić information content (AvgIpc) is 3.58. The van der Waals surface area contributed by atoms with Gasteiger partial charge in [-0.1, -0.05) is 68.1 Å². The molecule has 0 saturated heterocycles. The van der Waals surface area contributed by atoms with Gasteiger partial charge in [0.15, 0.2) is 0 Å². The molecule has 0 radical (unpaired) electrons. The fraction of sp³-hybridized carbons (Fsp3) is 0.400. The van der Waals surface area contributed by atoms with Gasteiger partial charge in [0, 0.05) is 18.7 Å². The number of unbranched alkanes of at least 4 members (excludes halogenated alkanes) is 1. The van der Waals surface area contributed by atoms with Gasteiger partial charge in [-0.15, -0.1) is 0 Å². The molecule has 5 rings (SSSR count). The van der Waals surface area contributed by atoms with E-state index in [1.807, 2.05) is 34.1 Å². The third-order valence-corrected chi connectivity index (χ3v) is 7.47. The number of carbonyl (C=O) groups excluding carboxylic acids is 2. The van der Waals surface area contributed by atoms with E-state index in [1.165, 1.54) is 0 Å². The molecule has 0 bridgehead atoms. The second-order valence-corrected chi connectivity index (χ2v) is 9.97. The molecule has 182 valence electrons. The van der Waals surface area contributed by atoms with Crippen molar-refractivity contribution in [2.45, 2.75) is 58.4 Å². The number of hydrogen-bond donors (Lipinski definition) is 0. The van der Waals surface area contributed by atoms with E-state index >= 15 is 0 Å². The molecule has 2 aliphatic rings. The molecular formula is C30H35N3O2. The second-order valence-electron chi connectivity index (χ2n) is 9.97. The molecule has 0 spiro atoms. The quantitative estimate of drug-likeness (QED) is 0.423. The fourth-order valence-corrected chi connectivity index (χ4v) is 5.70. The minimum absolute atomic E-state index is 0.0288. The summed E-state index contributed by atoms with van der Waals surface area (Å²) >= 11 is 0. The zero-order valence-electron chi connectivity index (χ0n) is 20.8. The summed E-state index contributed by atoms with van der Waals surface area (Å²) in [5.41, 5.74) is 5.18. The Morgan fingerprint density at radius 3 is 2.49 bits per heavy atom. The summed E-state index contributed by atoms with van der Waals surface area (Å²) in [7, 11) is 0. The van der Waals surface area contributed by atoms with Crippen LogP contribution in [-0.4, -0.2) is 34.4 Å². The summed E-state index contributed by atoms with van der Waals surface area (Å²) in [6, 6.07) is 20.4. The van der Waals surface area contributed by atoms with Gasteiger partial charge in [-0.2, -0.15) is 0 Å². The number of aryl methyl sites for hydroxylation is 1. The first-order chi connectivity index (χ1) is 17.1. The van der Waals surface area contributed by atoms with Gasteiger partial charge in [0.1, 0.15) is 12.6 Å². The van der Waals surface area contributed by atoms with Crippen molar-refractivity contribution in [3.8, 4) is 5.69 Å². The Morgan fingerprint density at radius 2 is 1.74 bits per heavy atom. The average molecular weight is 470 g/mol. The third kappa shape index (κ3) is 4.52. The summed E-state index contributed by atoms with van der Waals surface area (Å²) in [6.45, 7) is 4.96. The zero-order chi connectivity index (χ0) is 24.4. The Bertz CT molecular complexity index is 1210. The highest BCUT2D eigenvalue weighted by atomic mass is 16.2. The van der Waals surface area contributed by atoms with Crippen molar-refractivity contribution in [3.05, 3.63) is 83.7 Å². The van der Waals surface area contributed by atoms with E-state index in [-0.39, 0.29) is 30.3 Å². The first-order valence-corrected chi connectivity index (χ1v) is 13.0. The number of fused-ring (bicyclic) bond motifs is 3. The fourth-order valence-electron chi connectivity index (χ4n) is 5.70. The number of carbonyl (C=O) groups is 2. The van der Waals surface area contributed by atoms with Crippen LogP contribution in [0.25, 0.3) is 5.69 Å². The minimum Gasteiger partial charge on any atom is -0.333 e.